The van der Waals surface area contributed by atoms with E-state index in [1.165, 1.54) is 12.1 Å². The Labute approximate surface area is 128 Å². The van der Waals surface area contributed by atoms with Gasteiger partial charge in [0.05, 0.1) is 11.1 Å². The van der Waals surface area contributed by atoms with Gasteiger partial charge in [-0.25, -0.2) is 0 Å². The molecule has 0 spiro atoms. The second kappa shape index (κ2) is 5.46. The number of nitrogens with zero attached hydrogens (tertiary/aromatic N) is 2. The van der Waals surface area contributed by atoms with Crippen molar-refractivity contribution in [3.05, 3.63) is 45.5 Å². The molecule has 0 saturated carbocycles. The van der Waals surface area contributed by atoms with Gasteiger partial charge in [-0.3, -0.25) is 24.6 Å². The number of amides is 2. The summed E-state index contributed by atoms with van der Waals surface area (Å²) in [5.41, 5.74) is -1.11. The topological polar surface area (TPSA) is 80.5 Å². The number of hydrogen-bond acceptors (Lipinski definition) is 4. The lowest BCUT2D eigenvalue weighted by Gasteiger charge is -2.30. The van der Waals surface area contributed by atoms with Crippen LogP contribution in [-0.2, 0) is 0 Å². The molecule has 6 nitrogen and oxygen atoms in total. The van der Waals surface area contributed by atoms with E-state index in [1.54, 1.807) is 0 Å². The Hall–Kier alpha value is -2.66. The third-order valence-electron chi connectivity index (χ3n) is 3.30. The Kier molecular flexibility index (Phi) is 4.02. The Bertz CT molecular complexity index is 679. The van der Waals surface area contributed by atoms with E-state index in [2.05, 4.69) is 0 Å². The summed E-state index contributed by atoms with van der Waals surface area (Å²) in [6, 6.07) is -3.91. The lowest BCUT2D eigenvalue weighted by molar-refractivity contribution is -0.576. The highest BCUT2D eigenvalue weighted by molar-refractivity contribution is 6.21. The minimum Gasteiger partial charge on any atom is -0.269 e. The molecule has 0 N–H and O–H groups in total. The number of imide groups is 1. The molecule has 0 bridgehead atoms. The van der Waals surface area contributed by atoms with E-state index in [0.29, 0.717) is 0 Å². The van der Waals surface area contributed by atoms with Crippen LogP contribution in [0.2, 0.25) is 0 Å². The van der Waals surface area contributed by atoms with Crippen molar-refractivity contribution in [2.45, 2.75) is 24.4 Å². The minimum absolute atomic E-state index is 0.555. The fourth-order valence-electron chi connectivity index (χ4n) is 2.34. The highest BCUT2D eigenvalue weighted by atomic mass is 19.4. The molecule has 24 heavy (non-hydrogen) atoms. The van der Waals surface area contributed by atoms with Gasteiger partial charge in [0.25, 0.3) is 11.8 Å². The molecule has 2 atom stereocenters. The predicted octanol–water partition coefficient (Wildman–Crippen LogP) is 2.42. The van der Waals surface area contributed by atoms with E-state index >= 15 is 0 Å². The molecule has 0 saturated heterocycles. The van der Waals surface area contributed by atoms with Crippen LogP contribution in [0.1, 0.15) is 20.7 Å². The number of rotatable bonds is 3. The van der Waals surface area contributed by atoms with Crippen molar-refractivity contribution in [2.24, 2.45) is 0 Å². The molecule has 2 unspecified atom stereocenters. The second-order valence-corrected chi connectivity index (χ2v) is 4.78. The molecule has 2 rings (SSSR count). The predicted molar refractivity (Wildman–Crippen MR) is 63.6 cm³/mol. The Morgan fingerprint density at radius 3 is 1.62 bits per heavy atom. The van der Waals surface area contributed by atoms with Gasteiger partial charge in [-0.05, 0) is 12.1 Å². The molecule has 1 aromatic rings. The third kappa shape index (κ3) is 2.78. The summed E-state index contributed by atoms with van der Waals surface area (Å²) in [6.45, 7) is 0. The molecule has 12 heteroatoms. The quantitative estimate of drug-likeness (QED) is 0.361. The molecule has 1 heterocycles. The zero-order valence-corrected chi connectivity index (χ0v) is 11.3. The molecule has 1 aliphatic rings. The Morgan fingerprint density at radius 2 is 1.33 bits per heavy atom. The number of hydrogen-bond donors (Lipinski definition) is 0. The second-order valence-electron chi connectivity index (χ2n) is 4.78. The smallest absolute Gasteiger partial charge is 0.269 e. The van der Waals surface area contributed by atoms with Gasteiger partial charge in [-0.2, -0.15) is 26.3 Å². The molecule has 2 amide bonds. The first-order chi connectivity index (χ1) is 10.9. The van der Waals surface area contributed by atoms with E-state index in [4.69, 9.17) is 0 Å². The lowest BCUT2D eigenvalue weighted by atomic mass is 10.1. The molecule has 1 aromatic carbocycles. The summed E-state index contributed by atoms with van der Waals surface area (Å²) >= 11 is 0. The average Bonchev–Trinajstić information content (AvgIpc) is 2.66. The average molecular weight is 356 g/mol. The summed E-state index contributed by atoms with van der Waals surface area (Å²) in [7, 11) is 0. The van der Waals surface area contributed by atoms with Gasteiger partial charge in [-0.1, -0.05) is 12.1 Å². The number of benzene rings is 1. The number of halogens is 6. The SMILES string of the molecule is O=C1c2ccccc2C(=O)N1C(C([N+](=O)[O-])C(F)(F)F)C(F)(F)F. The number of carbonyl (C=O) groups is 2. The summed E-state index contributed by atoms with van der Waals surface area (Å²) in [4.78, 5) is 31.6. The maximum absolute atomic E-state index is 13.1. The van der Waals surface area contributed by atoms with Crippen molar-refractivity contribution in [1.82, 2.24) is 4.90 Å². The highest BCUT2D eigenvalue weighted by Gasteiger charge is 2.68. The molecular weight excluding hydrogens is 350 g/mol. The molecular formula is C12H6F6N2O4. The van der Waals surface area contributed by atoms with Crippen LogP contribution >= 0.6 is 0 Å². The van der Waals surface area contributed by atoms with E-state index in [9.17, 15) is 46.0 Å². The fraction of sp³-hybridized carbons (Fsp3) is 0.333. The fourth-order valence-corrected chi connectivity index (χ4v) is 2.34. The van der Waals surface area contributed by atoms with Gasteiger partial charge < -0.3 is 0 Å². The number of alkyl halides is 6. The van der Waals surface area contributed by atoms with Crippen LogP contribution in [0, 0.1) is 10.1 Å². The standard InChI is InChI=1S/C12H6F6N2O4/c13-11(14,15)7(8(20(23)24)12(16,17)18)19-9(21)5-3-1-2-4-6(5)10(19)22/h1-4,7-8H. The molecule has 0 fully saturated rings. The largest absolute Gasteiger partial charge is 0.460 e. The number of fused-ring (bicyclic) bond motifs is 1. The van der Waals surface area contributed by atoms with Crippen LogP contribution in [0.4, 0.5) is 26.3 Å². The highest BCUT2D eigenvalue weighted by Crippen LogP contribution is 2.39. The number of carbonyl (C=O) groups excluding carboxylic acids is 2. The van der Waals surface area contributed by atoms with Crippen molar-refractivity contribution in [3.8, 4) is 0 Å². The summed E-state index contributed by atoms with van der Waals surface area (Å²) in [5.74, 6) is -3.34. The Morgan fingerprint density at radius 1 is 0.917 bits per heavy atom. The van der Waals surface area contributed by atoms with Gasteiger partial charge in [-0.15, -0.1) is 0 Å². The van der Waals surface area contributed by atoms with Crippen LogP contribution < -0.4 is 0 Å². The monoisotopic (exact) mass is 356 g/mol. The third-order valence-corrected chi connectivity index (χ3v) is 3.30. The van der Waals surface area contributed by atoms with E-state index in [0.717, 1.165) is 12.1 Å². The molecule has 1 aliphatic heterocycles. The van der Waals surface area contributed by atoms with Crippen molar-refractivity contribution in [3.63, 3.8) is 0 Å². The molecule has 0 aromatic heterocycles. The maximum atomic E-state index is 13.1. The van der Waals surface area contributed by atoms with Crippen molar-refractivity contribution in [1.29, 1.82) is 0 Å². The summed E-state index contributed by atoms with van der Waals surface area (Å²) in [5, 5.41) is 10.6. The zero-order valence-electron chi connectivity index (χ0n) is 11.3. The van der Waals surface area contributed by atoms with Crippen molar-refractivity contribution < 1.29 is 40.9 Å². The first-order valence-electron chi connectivity index (χ1n) is 6.11. The van der Waals surface area contributed by atoms with Crippen molar-refractivity contribution in [2.75, 3.05) is 0 Å². The molecule has 130 valence electrons. The first kappa shape index (κ1) is 17.7. The van der Waals surface area contributed by atoms with Gasteiger partial charge in [0.1, 0.15) is 0 Å². The molecule has 0 aliphatic carbocycles. The van der Waals surface area contributed by atoms with Crippen molar-refractivity contribution >= 4 is 11.8 Å². The molecule has 0 radical (unpaired) electrons. The maximum Gasteiger partial charge on any atom is 0.460 e. The normalized spacial score (nSPS) is 17.7. The minimum atomic E-state index is -5.93. The van der Waals surface area contributed by atoms with Gasteiger partial charge >= 0.3 is 18.4 Å². The summed E-state index contributed by atoms with van der Waals surface area (Å²) < 4.78 is 77.8. The van der Waals surface area contributed by atoms with Crippen LogP contribution in [0.3, 0.4) is 0 Å². The van der Waals surface area contributed by atoms with Gasteiger partial charge in [0, 0.05) is 4.92 Å². The Balaban J connectivity index is 2.62. The van der Waals surface area contributed by atoms with Crippen LogP contribution in [0.5, 0.6) is 0 Å². The van der Waals surface area contributed by atoms with Crippen LogP contribution in [0.25, 0.3) is 0 Å². The first-order valence-corrected chi connectivity index (χ1v) is 6.11. The zero-order chi connectivity index (χ0) is 18.4. The van der Waals surface area contributed by atoms with E-state index < -0.39 is 57.2 Å². The summed E-state index contributed by atoms with van der Waals surface area (Å²) in [6.07, 6.45) is -11.8. The lowest BCUT2D eigenvalue weighted by Crippen LogP contribution is -2.62. The van der Waals surface area contributed by atoms with Gasteiger partial charge in [0.2, 0.25) is 6.04 Å². The van der Waals surface area contributed by atoms with Gasteiger partial charge in [0.15, 0.2) is 0 Å². The van der Waals surface area contributed by atoms with E-state index in [-0.39, 0.29) is 0 Å². The van der Waals surface area contributed by atoms with Crippen LogP contribution in [0.15, 0.2) is 24.3 Å². The number of nitro groups is 1. The van der Waals surface area contributed by atoms with E-state index in [1.807, 2.05) is 0 Å². The van der Waals surface area contributed by atoms with Crippen LogP contribution in [-0.4, -0.2) is 46.1 Å².